The van der Waals surface area contributed by atoms with Crippen molar-refractivity contribution in [1.29, 1.82) is 0 Å². The molecule has 4 heterocycles. The topological polar surface area (TPSA) is 87.2 Å². The summed E-state index contributed by atoms with van der Waals surface area (Å²) in [7, 11) is 0. The molecule has 0 radical (unpaired) electrons. The Bertz CT molecular complexity index is 1440. The standard InChI is InChI=1S/C28H22N8/c1-3-7-21(8-4-1)19-35-27(25(31-33-35)23-11-15-29-16-12-23)28-26(24-13-17-30-18-14-24)32-34-36(28)20-22-9-5-2-6-10-22/h1-18H,19-20H2. The summed E-state index contributed by atoms with van der Waals surface area (Å²) in [6, 6.07) is 28.2. The Hall–Kier alpha value is -4.98. The molecular formula is C28H22N8. The van der Waals surface area contributed by atoms with E-state index in [4.69, 9.17) is 0 Å². The maximum atomic E-state index is 4.63. The third-order valence-electron chi connectivity index (χ3n) is 5.95. The largest absolute Gasteiger partial charge is 0.265 e. The summed E-state index contributed by atoms with van der Waals surface area (Å²) < 4.78 is 3.85. The lowest BCUT2D eigenvalue weighted by atomic mass is 10.0. The second-order valence-corrected chi connectivity index (χ2v) is 8.33. The molecule has 0 bridgehead atoms. The van der Waals surface area contributed by atoms with E-state index in [9.17, 15) is 0 Å². The molecule has 6 aromatic rings. The molecule has 8 heteroatoms. The van der Waals surface area contributed by atoms with Gasteiger partial charge in [-0.2, -0.15) is 0 Å². The maximum absolute atomic E-state index is 4.63. The van der Waals surface area contributed by atoms with Gasteiger partial charge in [-0.1, -0.05) is 71.1 Å². The van der Waals surface area contributed by atoms with Crippen molar-refractivity contribution in [3.05, 3.63) is 121 Å². The van der Waals surface area contributed by atoms with E-state index in [1.807, 2.05) is 70.0 Å². The lowest BCUT2D eigenvalue weighted by Crippen LogP contribution is -2.10. The smallest absolute Gasteiger partial charge is 0.122 e. The van der Waals surface area contributed by atoms with Gasteiger partial charge in [0, 0.05) is 35.9 Å². The van der Waals surface area contributed by atoms with Crippen LogP contribution in [0.4, 0.5) is 0 Å². The molecule has 4 aromatic heterocycles. The molecule has 0 saturated heterocycles. The van der Waals surface area contributed by atoms with Gasteiger partial charge in [-0.3, -0.25) is 9.97 Å². The number of aromatic nitrogens is 8. The van der Waals surface area contributed by atoms with Crippen LogP contribution in [0.5, 0.6) is 0 Å². The Morgan fingerprint density at radius 1 is 0.472 bits per heavy atom. The molecule has 174 valence electrons. The van der Waals surface area contributed by atoms with E-state index in [1.165, 1.54) is 0 Å². The van der Waals surface area contributed by atoms with E-state index < -0.39 is 0 Å². The summed E-state index contributed by atoms with van der Waals surface area (Å²) >= 11 is 0. The second kappa shape index (κ2) is 9.71. The van der Waals surface area contributed by atoms with Crippen LogP contribution in [0.2, 0.25) is 0 Å². The number of pyridine rings is 2. The molecule has 0 saturated carbocycles. The lowest BCUT2D eigenvalue weighted by molar-refractivity contribution is 0.630. The van der Waals surface area contributed by atoms with E-state index in [-0.39, 0.29) is 0 Å². The van der Waals surface area contributed by atoms with Crippen LogP contribution in [0.3, 0.4) is 0 Å². The molecule has 0 aliphatic carbocycles. The van der Waals surface area contributed by atoms with Crippen LogP contribution in [0.15, 0.2) is 110 Å². The highest BCUT2D eigenvalue weighted by atomic mass is 15.5. The monoisotopic (exact) mass is 470 g/mol. The number of benzene rings is 2. The van der Waals surface area contributed by atoms with Crippen LogP contribution in [-0.4, -0.2) is 40.0 Å². The average Bonchev–Trinajstić information content (AvgIpc) is 3.54. The van der Waals surface area contributed by atoms with Gasteiger partial charge < -0.3 is 0 Å². The van der Waals surface area contributed by atoms with Crippen LogP contribution in [0, 0.1) is 0 Å². The number of hydrogen-bond donors (Lipinski definition) is 0. The summed E-state index contributed by atoms with van der Waals surface area (Å²) in [5.74, 6) is 0. The van der Waals surface area contributed by atoms with Crippen molar-refractivity contribution < 1.29 is 0 Å². The zero-order chi connectivity index (χ0) is 24.2. The van der Waals surface area contributed by atoms with Crippen molar-refractivity contribution in [2.24, 2.45) is 0 Å². The molecule has 0 amide bonds. The van der Waals surface area contributed by atoms with Gasteiger partial charge in [0.05, 0.1) is 13.1 Å². The van der Waals surface area contributed by atoms with E-state index in [2.05, 4.69) is 54.9 Å². The van der Waals surface area contributed by atoms with Crippen LogP contribution < -0.4 is 0 Å². The summed E-state index contributed by atoms with van der Waals surface area (Å²) in [4.78, 5) is 8.37. The third kappa shape index (κ3) is 4.27. The van der Waals surface area contributed by atoms with E-state index in [0.29, 0.717) is 13.1 Å². The molecule has 0 atom stereocenters. The maximum Gasteiger partial charge on any atom is 0.122 e. The third-order valence-corrected chi connectivity index (χ3v) is 5.95. The van der Waals surface area contributed by atoms with Gasteiger partial charge in [0.25, 0.3) is 0 Å². The predicted molar refractivity (Wildman–Crippen MR) is 137 cm³/mol. The first-order chi connectivity index (χ1) is 17.9. The minimum atomic E-state index is 0.556. The fraction of sp³-hybridized carbons (Fsp3) is 0.0714. The van der Waals surface area contributed by atoms with Crippen molar-refractivity contribution in [3.8, 4) is 33.9 Å². The minimum Gasteiger partial charge on any atom is -0.265 e. The fourth-order valence-electron chi connectivity index (χ4n) is 4.24. The molecular weight excluding hydrogens is 448 g/mol. The summed E-state index contributed by atoms with van der Waals surface area (Å²) in [5.41, 5.74) is 7.28. The van der Waals surface area contributed by atoms with Crippen molar-refractivity contribution in [3.63, 3.8) is 0 Å². The first-order valence-electron chi connectivity index (χ1n) is 11.6. The number of nitrogens with zero attached hydrogens (tertiary/aromatic N) is 8. The second-order valence-electron chi connectivity index (χ2n) is 8.33. The Labute approximate surface area is 207 Å². The van der Waals surface area contributed by atoms with Gasteiger partial charge in [-0.05, 0) is 35.4 Å². The summed E-state index contributed by atoms with van der Waals surface area (Å²) in [5, 5.41) is 18.4. The average molecular weight is 471 g/mol. The predicted octanol–water partition coefficient (Wildman–Crippen LogP) is 4.76. The SMILES string of the molecule is c1ccc(Cn2nnc(-c3ccncc3)c2-c2c(-c3ccncc3)nnn2Cc2ccccc2)cc1. The molecule has 0 unspecified atom stereocenters. The van der Waals surface area contributed by atoms with E-state index in [1.54, 1.807) is 24.8 Å². The first kappa shape index (κ1) is 21.5. The highest BCUT2D eigenvalue weighted by Crippen LogP contribution is 2.36. The van der Waals surface area contributed by atoms with Gasteiger partial charge in [0.1, 0.15) is 22.8 Å². The number of rotatable bonds is 7. The summed E-state index contributed by atoms with van der Waals surface area (Å²) in [6.45, 7) is 1.11. The Morgan fingerprint density at radius 2 is 0.861 bits per heavy atom. The van der Waals surface area contributed by atoms with Crippen molar-refractivity contribution in [2.45, 2.75) is 13.1 Å². The fourth-order valence-corrected chi connectivity index (χ4v) is 4.24. The van der Waals surface area contributed by atoms with Crippen LogP contribution >= 0.6 is 0 Å². The molecule has 8 nitrogen and oxygen atoms in total. The van der Waals surface area contributed by atoms with Crippen LogP contribution in [0.25, 0.3) is 33.9 Å². The van der Waals surface area contributed by atoms with Gasteiger partial charge in [0.15, 0.2) is 0 Å². The highest BCUT2D eigenvalue weighted by molar-refractivity contribution is 5.84. The normalized spacial score (nSPS) is 11.0. The zero-order valence-electron chi connectivity index (χ0n) is 19.4. The lowest BCUT2D eigenvalue weighted by Gasteiger charge is -2.13. The zero-order valence-corrected chi connectivity index (χ0v) is 19.4. The van der Waals surface area contributed by atoms with Crippen molar-refractivity contribution in [2.75, 3.05) is 0 Å². The molecule has 0 aliphatic rings. The Morgan fingerprint density at radius 3 is 1.25 bits per heavy atom. The van der Waals surface area contributed by atoms with Crippen molar-refractivity contribution >= 4 is 0 Å². The highest BCUT2D eigenvalue weighted by Gasteiger charge is 2.26. The quantitative estimate of drug-likeness (QED) is 0.334. The van der Waals surface area contributed by atoms with Gasteiger partial charge >= 0.3 is 0 Å². The van der Waals surface area contributed by atoms with Gasteiger partial charge in [0.2, 0.25) is 0 Å². The van der Waals surface area contributed by atoms with Gasteiger partial charge in [-0.25, -0.2) is 9.36 Å². The van der Waals surface area contributed by atoms with Gasteiger partial charge in [-0.15, -0.1) is 10.2 Å². The molecule has 2 aromatic carbocycles. The Kier molecular flexibility index (Phi) is 5.81. The molecule has 0 N–H and O–H groups in total. The Balaban J connectivity index is 1.58. The van der Waals surface area contributed by atoms with Crippen molar-refractivity contribution in [1.82, 2.24) is 40.0 Å². The molecule has 6 rings (SSSR count). The first-order valence-corrected chi connectivity index (χ1v) is 11.6. The van der Waals surface area contributed by atoms with E-state index >= 15 is 0 Å². The molecule has 36 heavy (non-hydrogen) atoms. The summed E-state index contributed by atoms with van der Waals surface area (Å²) in [6.07, 6.45) is 7.05. The molecule has 0 spiro atoms. The number of hydrogen-bond acceptors (Lipinski definition) is 6. The molecule has 0 fully saturated rings. The minimum absolute atomic E-state index is 0.556. The van der Waals surface area contributed by atoms with Crippen LogP contribution in [-0.2, 0) is 13.1 Å². The van der Waals surface area contributed by atoms with E-state index in [0.717, 1.165) is 45.0 Å². The molecule has 0 aliphatic heterocycles. The van der Waals surface area contributed by atoms with Crippen LogP contribution in [0.1, 0.15) is 11.1 Å².